The Morgan fingerprint density at radius 3 is 2.90 bits per heavy atom. The zero-order valence-electron chi connectivity index (χ0n) is 13.1. The smallest absolute Gasteiger partial charge is 0.142 e. The summed E-state index contributed by atoms with van der Waals surface area (Å²) >= 11 is 0. The van der Waals surface area contributed by atoms with Gasteiger partial charge in [-0.05, 0) is 37.4 Å². The van der Waals surface area contributed by atoms with Crippen LogP contribution in [0.1, 0.15) is 33.1 Å². The highest BCUT2D eigenvalue weighted by Gasteiger charge is 2.27. The maximum atomic E-state index is 5.86. The van der Waals surface area contributed by atoms with Gasteiger partial charge in [-0.3, -0.25) is 0 Å². The van der Waals surface area contributed by atoms with Gasteiger partial charge in [0.1, 0.15) is 5.75 Å². The number of hydrogen-bond acceptors (Lipinski definition) is 3. The van der Waals surface area contributed by atoms with Gasteiger partial charge < -0.3 is 15.0 Å². The molecular weight excluding hydrogens is 248 g/mol. The Morgan fingerprint density at radius 1 is 1.35 bits per heavy atom. The number of fused-ring (bicyclic) bond motifs is 1. The lowest BCUT2D eigenvalue weighted by Gasteiger charge is -2.36. The standard InChI is InChI=1S/C17H28N2O/c1-4-10-17(2,13-18-3)14-19-11-7-12-20-16-9-6-5-8-15(16)19/h5-6,8-9,18H,4,7,10-14H2,1-3H3. The van der Waals surface area contributed by atoms with E-state index in [4.69, 9.17) is 4.74 Å². The summed E-state index contributed by atoms with van der Waals surface area (Å²) in [6.45, 7) is 8.71. The van der Waals surface area contributed by atoms with Gasteiger partial charge >= 0.3 is 0 Å². The summed E-state index contributed by atoms with van der Waals surface area (Å²) < 4.78 is 5.86. The molecule has 1 aliphatic heterocycles. The van der Waals surface area contributed by atoms with Crippen molar-refractivity contribution in [2.45, 2.75) is 33.1 Å². The molecule has 0 aromatic heterocycles. The minimum atomic E-state index is 0.306. The van der Waals surface area contributed by atoms with E-state index in [9.17, 15) is 0 Å². The fourth-order valence-electron chi connectivity index (χ4n) is 3.28. The summed E-state index contributed by atoms with van der Waals surface area (Å²) in [7, 11) is 2.05. The van der Waals surface area contributed by atoms with E-state index in [0.717, 1.165) is 38.4 Å². The molecule has 1 unspecified atom stereocenters. The average molecular weight is 276 g/mol. The molecule has 0 saturated heterocycles. The molecule has 20 heavy (non-hydrogen) atoms. The van der Waals surface area contributed by atoms with Crippen molar-refractivity contribution in [3.05, 3.63) is 24.3 Å². The molecule has 2 rings (SSSR count). The van der Waals surface area contributed by atoms with Crippen LogP contribution >= 0.6 is 0 Å². The van der Waals surface area contributed by atoms with Gasteiger partial charge in [0.25, 0.3) is 0 Å². The minimum absolute atomic E-state index is 0.306. The highest BCUT2D eigenvalue weighted by Crippen LogP contribution is 2.34. The number of benzene rings is 1. The number of nitrogens with one attached hydrogen (secondary N) is 1. The Bertz CT molecular complexity index is 413. The predicted molar refractivity (Wildman–Crippen MR) is 85.7 cm³/mol. The molecule has 0 aliphatic carbocycles. The van der Waals surface area contributed by atoms with Crippen LogP contribution in [0.4, 0.5) is 5.69 Å². The molecule has 0 spiro atoms. The van der Waals surface area contributed by atoms with Gasteiger partial charge in [-0.25, -0.2) is 0 Å². The maximum Gasteiger partial charge on any atom is 0.142 e. The first-order chi connectivity index (χ1) is 9.68. The van der Waals surface area contributed by atoms with Crippen molar-refractivity contribution in [3.63, 3.8) is 0 Å². The molecule has 112 valence electrons. The summed E-state index contributed by atoms with van der Waals surface area (Å²) in [5.74, 6) is 1.04. The van der Waals surface area contributed by atoms with Crippen molar-refractivity contribution < 1.29 is 4.74 Å². The summed E-state index contributed by atoms with van der Waals surface area (Å²) in [6, 6.07) is 8.44. The molecule has 0 fully saturated rings. The molecule has 0 bridgehead atoms. The summed E-state index contributed by atoms with van der Waals surface area (Å²) in [4.78, 5) is 2.51. The quantitative estimate of drug-likeness (QED) is 0.863. The fraction of sp³-hybridized carbons (Fsp3) is 0.647. The zero-order valence-corrected chi connectivity index (χ0v) is 13.1. The molecule has 3 heteroatoms. The normalized spacial score (nSPS) is 17.9. The largest absolute Gasteiger partial charge is 0.491 e. The first-order valence-corrected chi connectivity index (χ1v) is 7.80. The lowest BCUT2D eigenvalue weighted by Crippen LogP contribution is -2.42. The second kappa shape index (κ2) is 6.98. The third kappa shape index (κ3) is 3.66. The number of rotatable bonds is 6. The maximum absolute atomic E-state index is 5.86. The SMILES string of the molecule is CCCC(C)(CNC)CN1CCCOc2ccccc21. The van der Waals surface area contributed by atoms with Crippen LogP contribution in [0.2, 0.25) is 0 Å². The van der Waals surface area contributed by atoms with Gasteiger partial charge in [0.15, 0.2) is 0 Å². The Balaban J connectivity index is 2.18. The van der Waals surface area contributed by atoms with E-state index in [1.54, 1.807) is 0 Å². The van der Waals surface area contributed by atoms with Gasteiger partial charge in [-0.15, -0.1) is 0 Å². The van der Waals surface area contributed by atoms with E-state index >= 15 is 0 Å². The van der Waals surface area contributed by atoms with Gasteiger partial charge in [0.05, 0.1) is 12.3 Å². The van der Waals surface area contributed by atoms with E-state index in [1.807, 2.05) is 7.05 Å². The van der Waals surface area contributed by atoms with E-state index in [2.05, 4.69) is 48.3 Å². The first-order valence-electron chi connectivity index (χ1n) is 7.80. The predicted octanol–water partition coefficient (Wildman–Crippen LogP) is 3.30. The first kappa shape index (κ1) is 15.2. The molecule has 1 N–H and O–H groups in total. The molecule has 1 aliphatic rings. The Hall–Kier alpha value is -1.22. The van der Waals surface area contributed by atoms with Crippen molar-refractivity contribution in [2.75, 3.05) is 38.2 Å². The van der Waals surface area contributed by atoms with Crippen molar-refractivity contribution in [1.82, 2.24) is 5.32 Å². The molecule has 0 saturated carbocycles. The van der Waals surface area contributed by atoms with Gasteiger partial charge in [-0.2, -0.15) is 0 Å². The van der Waals surface area contributed by atoms with Gasteiger partial charge in [0.2, 0.25) is 0 Å². The molecule has 0 radical (unpaired) electrons. The highest BCUT2D eigenvalue weighted by molar-refractivity contribution is 5.59. The van der Waals surface area contributed by atoms with Gasteiger partial charge in [0, 0.05) is 19.6 Å². The molecule has 1 aromatic carbocycles. The van der Waals surface area contributed by atoms with E-state index in [0.29, 0.717) is 5.41 Å². The van der Waals surface area contributed by atoms with Crippen LogP contribution in [-0.2, 0) is 0 Å². The minimum Gasteiger partial charge on any atom is -0.491 e. The summed E-state index contributed by atoms with van der Waals surface area (Å²) in [5, 5.41) is 3.36. The van der Waals surface area contributed by atoms with Crippen molar-refractivity contribution in [1.29, 1.82) is 0 Å². The number of hydrogen-bond donors (Lipinski definition) is 1. The second-order valence-electron chi connectivity index (χ2n) is 6.18. The lowest BCUT2D eigenvalue weighted by atomic mass is 9.84. The number of ether oxygens (including phenoxy) is 1. The molecule has 1 aromatic rings. The Morgan fingerprint density at radius 2 is 2.15 bits per heavy atom. The third-order valence-corrected chi connectivity index (χ3v) is 4.07. The Kier molecular flexibility index (Phi) is 5.30. The number of para-hydroxylation sites is 2. The fourth-order valence-corrected chi connectivity index (χ4v) is 3.28. The monoisotopic (exact) mass is 276 g/mol. The van der Waals surface area contributed by atoms with Crippen molar-refractivity contribution in [3.8, 4) is 5.75 Å². The van der Waals surface area contributed by atoms with E-state index < -0.39 is 0 Å². The van der Waals surface area contributed by atoms with Crippen LogP contribution in [0.5, 0.6) is 5.75 Å². The van der Waals surface area contributed by atoms with Crippen LogP contribution in [0.25, 0.3) is 0 Å². The van der Waals surface area contributed by atoms with Gasteiger partial charge in [-0.1, -0.05) is 32.4 Å². The summed E-state index contributed by atoms with van der Waals surface area (Å²) in [5.41, 5.74) is 1.56. The second-order valence-corrected chi connectivity index (χ2v) is 6.18. The lowest BCUT2D eigenvalue weighted by molar-refractivity contribution is 0.286. The molecular formula is C17H28N2O. The highest BCUT2D eigenvalue weighted by atomic mass is 16.5. The van der Waals surface area contributed by atoms with Crippen LogP contribution in [0.15, 0.2) is 24.3 Å². The number of anilines is 1. The number of nitrogens with zero attached hydrogens (tertiary/aromatic N) is 1. The van der Waals surface area contributed by atoms with Crippen LogP contribution < -0.4 is 15.0 Å². The van der Waals surface area contributed by atoms with E-state index in [1.165, 1.54) is 18.5 Å². The molecule has 3 nitrogen and oxygen atoms in total. The van der Waals surface area contributed by atoms with Crippen LogP contribution in [-0.4, -0.2) is 33.3 Å². The average Bonchev–Trinajstić information content (AvgIpc) is 2.62. The topological polar surface area (TPSA) is 24.5 Å². The Labute approximate surface area is 123 Å². The van der Waals surface area contributed by atoms with Crippen LogP contribution in [0.3, 0.4) is 0 Å². The zero-order chi connectivity index (χ0) is 14.4. The van der Waals surface area contributed by atoms with Crippen LogP contribution in [0, 0.1) is 5.41 Å². The summed E-state index contributed by atoms with van der Waals surface area (Å²) in [6.07, 6.45) is 3.56. The molecule has 0 amide bonds. The third-order valence-electron chi connectivity index (χ3n) is 4.07. The molecule has 1 heterocycles. The van der Waals surface area contributed by atoms with Crippen molar-refractivity contribution >= 4 is 5.69 Å². The molecule has 1 atom stereocenters. The van der Waals surface area contributed by atoms with E-state index in [-0.39, 0.29) is 0 Å². The van der Waals surface area contributed by atoms with Crippen molar-refractivity contribution in [2.24, 2.45) is 5.41 Å².